The van der Waals surface area contributed by atoms with Gasteiger partial charge in [-0.15, -0.1) is 23.2 Å². The van der Waals surface area contributed by atoms with Gasteiger partial charge < -0.3 is 16.0 Å². The third kappa shape index (κ3) is 5.48. The van der Waals surface area contributed by atoms with Gasteiger partial charge in [0.2, 0.25) is 5.91 Å². The Morgan fingerprint density at radius 1 is 0.939 bits per heavy atom. The van der Waals surface area contributed by atoms with Crippen LogP contribution in [0.5, 0.6) is 0 Å². The van der Waals surface area contributed by atoms with Crippen molar-refractivity contribution < 1.29 is 36.3 Å². The van der Waals surface area contributed by atoms with Gasteiger partial charge in [0.1, 0.15) is 4.33 Å². The third-order valence-corrected chi connectivity index (χ3v) is 5.64. The lowest BCUT2D eigenvalue weighted by molar-refractivity contribution is -0.126. The molecule has 0 saturated heterocycles. The lowest BCUT2D eigenvalue weighted by atomic mass is 10.1. The van der Waals surface area contributed by atoms with Crippen molar-refractivity contribution in [2.75, 3.05) is 16.0 Å². The van der Waals surface area contributed by atoms with Crippen LogP contribution in [0, 0.1) is 23.4 Å². The molecule has 1 fully saturated rings. The zero-order chi connectivity index (χ0) is 24.7. The Bertz CT molecular complexity index is 1160. The molecule has 1 aliphatic carbocycles. The zero-order valence-corrected chi connectivity index (χ0v) is 18.2. The van der Waals surface area contributed by atoms with E-state index in [1.165, 1.54) is 17.4 Å². The number of carbonyl (C=O) groups is 3. The maximum absolute atomic E-state index is 14.1. The second kappa shape index (κ2) is 9.32. The highest BCUT2D eigenvalue weighted by Crippen LogP contribution is 2.53. The van der Waals surface area contributed by atoms with Crippen LogP contribution >= 0.6 is 34.8 Å². The van der Waals surface area contributed by atoms with Gasteiger partial charge in [-0.1, -0.05) is 11.6 Å². The number of anilines is 3. The third-order valence-electron chi connectivity index (χ3n) is 4.47. The summed E-state index contributed by atoms with van der Waals surface area (Å²) < 4.78 is 65.4. The summed E-state index contributed by atoms with van der Waals surface area (Å²) in [6.07, 6.45) is -3.34. The summed E-state index contributed by atoms with van der Waals surface area (Å²) in [5, 5.41) is 5.60. The van der Waals surface area contributed by atoms with Crippen LogP contribution in [-0.2, 0) is 9.59 Å². The van der Waals surface area contributed by atoms with Crippen molar-refractivity contribution in [2.24, 2.45) is 5.92 Å². The molecule has 0 unspecified atom stereocenters. The van der Waals surface area contributed by atoms with Crippen LogP contribution in [0.1, 0.15) is 16.8 Å². The summed E-state index contributed by atoms with van der Waals surface area (Å²) in [6.45, 7) is 0. The van der Waals surface area contributed by atoms with Gasteiger partial charge in [0.05, 0.1) is 27.9 Å². The van der Waals surface area contributed by atoms with Gasteiger partial charge >= 0.3 is 6.43 Å². The first-order valence-electron chi connectivity index (χ1n) is 8.88. The van der Waals surface area contributed by atoms with E-state index in [-0.39, 0.29) is 22.7 Å². The molecule has 33 heavy (non-hydrogen) atoms. The number of amides is 3. The summed E-state index contributed by atoms with van der Waals surface area (Å²) in [4.78, 5) is 35.8. The second-order valence-corrected chi connectivity index (χ2v) is 8.81. The molecule has 3 rings (SSSR count). The number of halogens is 8. The molecular formula is C19H11Cl3F5N3O3. The average Bonchev–Trinajstić information content (AvgIpc) is 3.39. The SMILES string of the molecule is O=C(Nc1cc(NC(=O)C(F)F)c(F)c(F)c1F)c1cc(NC(=O)[C@H]2CC2(Cl)Cl)ccc1Cl. The van der Waals surface area contributed by atoms with Crippen LogP contribution in [0.3, 0.4) is 0 Å². The van der Waals surface area contributed by atoms with Crippen LogP contribution in [0.25, 0.3) is 0 Å². The lowest BCUT2D eigenvalue weighted by Gasteiger charge is -2.13. The van der Waals surface area contributed by atoms with E-state index in [1.54, 1.807) is 0 Å². The van der Waals surface area contributed by atoms with Gasteiger partial charge in [-0.05, 0) is 30.7 Å². The molecule has 3 N–H and O–H groups in total. The van der Waals surface area contributed by atoms with Crippen LogP contribution in [0.4, 0.5) is 39.0 Å². The van der Waals surface area contributed by atoms with E-state index in [4.69, 9.17) is 34.8 Å². The minimum Gasteiger partial charge on any atom is -0.326 e. The monoisotopic (exact) mass is 529 g/mol. The van der Waals surface area contributed by atoms with Crippen molar-refractivity contribution >= 4 is 69.6 Å². The summed E-state index contributed by atoms with van der Waals surface area (Å²) >= 11 is 17.6. The first-order chi connectivity index (χ1) is 15.3. The number of hydrogen-bond donors (Lipinski definition) is 3. The van der Waals surface area contributed by atoms with E-state index in [0.29, 0.717) is 6.07 Å². The molecule has 2 aromatic rings. The summed E-state index contributed by atoms with van der Waals surface area (Å²) in [5.74, 6) is -10.2. The Morgan fingerprint density at radius 2 is 1.52 bits per heavy atom. The highest BCUT2D eigenvalue weighted by Gasteiger charge is 2.56. The fourth-order valence-electron chi connectivity index (χ4n) is 2.67. The summed E-state index contributed by atoms with van der Waals surface area (Å²) in [6, 6.07) is 4.10. The molecule has 0 heterocycles. The molecule has 1 saturated carbocycles. The first kappa shape index (κ1) is 25.0. The van der Waals surface area contributed by atoms with Gasteiger partial charge in [0, 0.05) is 5.69 Å². The Labute approximate surface area is 197 Å². The van der Waals surface area contributed by atoms with Gasteiger partial charge in [-0.25, -0.2) is 13.2 Å². The number of hydrogen-bond acceptors (Lipinski definition) is 3. The van der Waals surface area contributed by atoms with Gasteiger partial charge in [-0.3, -0.25) is 14.4 Å². The molecule has 14 heteroatoms. The fraction of sp³-hybridized carbons (Fsp3) is 0.211. The molecule has 0 aromatic heterocycles. The molecule has 0 aliphatic heterocycles. The highest BCUT2D eigenvalue weighted by molar-refractivity contribution is 6.52. The van der Waals surface area contributed by atoms with E-state index >= 15 is 0 Å². The quantitative estimate of drug-likeness (QED) is 0.268. The van der Waals surface area contributed by atoms with Crippen molar-refractivity contribution in [2.45, 2.75) is 17.2 Å². The number of carbonyl (C=O) groups excluding carboxylic acids is 3. The fourth-order valence-corrected chi connectivity index (χ4v) is 3.38. The van der Waals surface area contributed by atoms with Crippen LogP contribution in [0.2, 0.25) is 5.02 Å². The number of alkyl halides is 4. The maximum atomic E-state index is 14.1. The lowest BCUT2D eigenvalue weighted by Crippen LogP contribution is -2.22. The van der Waals surface area contributed by atoms with Crippen LogP contribution < -0.4 is 16.0 Å². The molecule has 1 atom stereocenters. The van der Waals surface area contributed by atoms with Crippen molar-refractivity contribution in [3.63, 3.8) is 0 Å². The molecule has 0 bridgehead atoms. The van der Waals surface area contributed by atoms with Crippen LogP contribution in [0.15, 0.2) is 24.3 Å². The number of rotatable bonds is 6. The standard InChI is InChI=1S/C19H11Cl3F5N3O3/c20-9-2-1-6(28-17(32)8-5-19(8,21)22)3-7(9)16(31)29-10-4-11(30-18(33)15(26)27)13(24)14(25)12(10)23/h1-4,8,15H,5H2,(H,28,32)(H,29,31)(H,30,33)/t8-/m1/s1. The van der Waals surface area contributed by atoms with E-state index in [9.17, 15) is 36.3 Å². The number of nitrogens with one attached hydrogen (secondary N) is 3. The molecule has 2 aromatic carbocycles. The van der Waals surface area contributed by atoms with Crippen molar-refractivity contribution in [3.8, 4) is 0 Å². The van der Waals surface area contributed by atoms with E-state index < -0.39 is 63.2 Å². The minimum atomic E-state index is -3.56. The molecule has 0 radical (unpaired) electrons. The Hall–Kier alpha value is -2.63. The summed E-state index contributed by atoms with van der Waals surface area (Å²) in [5.41, 5.74) is -2.31. The normalized spacial score (nSPS) is 16.3. The maximum Gasteiger partial charge on any atom is 0.315 e. The van der Waals surface area contributed by atoms with Crippen molar-refractivity contribution in [1.82, 2.24) is 0 Å². The van der Waals surface area contributed by atoms with Gasteiger partial charge in [-0.2, -0.15) is 8.78 Å². The Morgan fingerprint density at radius 3 is 2.06 bits per heavy atom. The molecule has 0 spiro atoms. The smallest absolute Gasteiger partial charge is 0.315 e. The molecule has 1 aliphatic rings. The van der Waals surface area contributed by atoms with Crippen molar-refractivity contribution in [3.05, 3.63) is 52.3 Å². The first-order valence-corrected chi connectivity index (χ1v) is 10.0. The van der Waals surface area contributed by atoms with E-state index in [0.717, 1.165) is 6.07 Å². The van der Waals surface area contributed by atoms with Gasteiger partial charge in [0.15, 0.2) is 17.5 Å². The van der Waals surface area contributed by atoms with E-state index in [1.807, 2.05) is 5.32 Å². The molecule has 6 nitrogen and oxygen atoms in total. The average molecular weight is 531 g/mol. The Kier molecular flexibility index (Phi) is 7.06. The zero-order valence-electron chi connectivity index (χ0n) is 15.9. The van der Waals surface area contributed by atoms with Crippen molar-refractivity contribution in [1.29, 1.82) is 0 Å². The molecular weight excluding hydrogens is 520 g/mol. The van der Waals surface area contributed by atoms with Crippen LogP contribution in [-0.4, -0.2) is 28.5 Å². The molecule has 176 valence electrons. The van der Waals surface area contributed by atoms with E-state index in [2.05, 4.69) is 5.32 Å². The topological polar surface area (TPSA) is 87.3 Å². The van der Waals surface area contributed by atoms with Gasteiger partial charge in [0.25, 0.3) is 11.8 Å². The number of benzene rings is 2. The molecule has 3 amide bonds. The predicted molar refractivity (Wildman–Crippen MR) is 112 cm³/mol. The summed E-state index contributed by atoms with van der Waals surface area (Å²) in [7, 11) is 0. The highest BCUT2D eigenvalue weighted by atomic mass is 35.5. The Balaban J connectivity index is 1.84. The minimum absolute atomic E-state index is 0.0984. The second-order valence-electron chi connectivity index (χ2n) is 6.86. The predicted octanol–water partition coefficient (Wildman–Crippen LogP) is 5.35. The largest absolute Gasteiger partial charge is 0.326 e.